The van der Waals surface area contributed by atoms with Crippen LogP contribution in [0.25, 0.3) is 22.2 Å². The number of carboxylic acid groups (broad SMARTS) is 1. The first-order chi connectivity index (χ1) is 11.0. The van der Waals surface area contributed by atoms with Crippen LogP contribution in [0.5, 0.6) is 5.75 Å². The fourth-order valence-corrected chi connectivity index (χ4v) is 2.87. The van der Waals surface area contributed by atoms with E-state index < -0.39 is 5.97 Å². The Kier molecular flexibility index (Phi) is 3.92. The molecule has 0 fully saturated rings. The lowest BCUT2D eigenvalue weighted by Crippen LogP contribution is -2.05. The molecule has 4 nitrogen and oxygen atoms in total. The largest absolute Gasteiger partial charge is 0.497 e. The number of nitrogens with zero attached hydrogens (tertiary/aromatic N) is 1. The van der Waals surface area contributed by atoms with Crippen molar-refractivity contribution in [1.82, 2.24) is 4.98 Å². The van der Waals surface area contributed by atoms with Gasteiger partial charge in [0.2, 0.25) is 0 Å². The van der Waals surface area contributed by atoms with E-state index in [0.717, 1.165) is 11.3 Å². The number of aromatic carboxylic acids is 1. The van der Waals surface area contributed by atoms with Gasteiger partial charge in [-0.25, -0.2) is 9.78 Å². The highest BCUT2D eigenvalue weighted by Crippen LogP contribution is 2.33. The van der Waals surface area contributed by atoms with Crippen molar-refractivity contribution >= 4 is 28.5 Å². The molecular weight excluding hydrogens is 314 g/mol. The van der Waals surface area contributed by atoms with Crippen LogP contribution in [0.2, 0.25) is 5.02 Å². The topological polar surface area (TPSA) is 59.4 Å². The molecule has 0 bridgehead atoms. The summed E-state index contributed by atoms with van der Waals surface area (Å²) in [5.74, 6) is -0.268. The van der Waals surface area contributed by atoms with Crippen LogP contribution in [0.3, 0.4) is 0 Å². The molecule has 116 valence electrons. The number of rotatable bonds is 3. The van der Waals surface area contributed by atoms with Crippen molar-refractivity contribution < 1.29 is 14.6 Å². The van der Waals surface area contributed by atoms with Crippen molar-refractivity contribution in [2.75, 3.05) is 7.11 Å². The number of ether oxygens (including phenoxy) is 1. The molecule has 0 unspecified atom stereocenters. The summed E-state index contributed by atoms with van der Waals surface area (Å²) in [6, 6.07) is 12.5. The summed E-state index contributed by atoms with van der Waals surface area (Å²) in [6.07, 6.45) is 0. The fourth-order valence-electron chi connectivity index (χ4n) is 2.65. The zero-order valence-corrected chi connectivity index (χ0v) is 13.4. The van der Waals surface area contributed by atoms with Crippen LogP contribution in [0, 0.1) is 6.92 Å². The molecule has 1 heterocycles. The van der Waals surface area contributed by atoms with Crippen molar-refractivity contribution in [3.05, 3.63) is 58.6 Å². The maximum absolute atomic E-state index is 11.7. The number of pyridine rings is 1. The molecule has 0 aliphatic heterocycles. The number of carboxylic acids is 1. The van der Waals surface area contributed by atoms with E-state index in [-0.39, 0.29) is 5.56 Å². The van der Waals surface area contributed by atoms with Gasteiger partial charge < -0.3 is 9.84 Å². The van der Waals surface area contributed by atoms with Crippen LogP contribution in [-0.4, -0.2) is 23.2 Å². The van der Waals surface area contributed by atoms with Crippen molar-refractivity contribution in [1.29, 1.82) is 0 Å². The molecular formula is C18H14ClNO3. The molecule has 2 aromatic carbocycles. The lowest BCUT2D eigenvalue weighted by Gasteiger charge is -2.13. The van der Waals surface area contributed by atoms with Gasteiger partial charge in [0.05, 0.1) is 28.9 Å². The Balaban J connectivity index is 2.34. The zero-order chi connectivity index (χ0) is 16.6. The molecule has 1 aromatic heterocycles. The number of benzene rings is 2. The minimum absolute atomic E-state index is 0.225. The number of carbonyl (C=O) groups is 1. The number of hydrogen-bond donors (Lipinski definition) is 1. The highest BCUT2D eigenvalue weighted by molar-refractivity contribution is 6.35. The first kappa shape index (κ1) is 15.3. The van der Waals surface area contributed by atoms with Crippen molar-refractivity contribution in [2.45, 2.75) is 6.92 Å². The molecule has 0 aliphatic carbocycles. The number of fused-ring (bicyclic) bond motifs is 1. The van der Waals surface area contributed by atoms with Crippen LogP contribution >= 0.6 is 11.6 Å². The highest BCUT2D eigenvalue weighted by Gasteiger charge is 2.19. The molecule has 0 spiro atoms. The zero-order valence-electron chi connectivity index (χ0n) is 12.6. The summed E-state index contributed by atoms with van der Waals surface area (Å²) >= 11 is 6.22. The van der Waals surface area contributed by atoms with E-state index in [1.807, 2.05) is 24.3 Å². The van der Waals surface area contributed by atoms with E-state index in [4.69, 9.17) is 16.3 Å². The fraction of sp³-hybridized carbons (Fsp3) is 0.111. The van der Waals surface area contributed by atoms with Gasteiger partial charge in [-0.1, -0.05) is 23.7 Å². The van der Waals surface area contributed by atoms with Gasteiger partial charge in [-0.2, -0.15) is 0 Å². The number of hydrogen-bond acceptors (Lipinski definition) is 3. The molecule has 1 N–H and O–H groups in total. The third-order valence-electron chi connectivity index (χ3n) is 3.79. The smallest absolute Gasteiger partial charge is 0.336 e. The van der Waals surface area contributed by atoms with E-state index in [2.05, 4.69) is 4.98 Å². The van der Waals surface area contributed by atoms with Crippen molar-refractivity contribution in [3.8, 4) is 17.0 Å². The van der Waals surface area contributed by atoms with Gasteiger partial charge in [0.15, 0.2) is 0 Å². The second-order valence-electron chi connectivity index (χ2n) is 5.13. The van der Waals surface area contributed by atoms with Gasteiger partial charge in [0.25, 0.3) is 0 Å². The summed E-state index contributed by atoms with van der Waals surface area (Å²) in [4.78, 5) is 16.3. The number of methoxy groups -OCH3 is 1. The third-order valence-corrected chi connectivity index (χ3v) is 4.09. The number of aromatic nitrogens is 1. The highest BCUT2D eigenvalue weighted by atomic mass is 35.5. The summed E-state index contributed by atoms with van der Waals surface area (Å²) in [6.45, 7) is 1.76. The lowest BCUT2D eigenvalue weighted by molar-refractivity contribution is 0.0698. The van der Waals surface area contributed by atoms with Crippen molar-refractivity contribution in [2.24, 2.45) is 0 Å². The van der Waals surface area contributed by atoms with Gasteiger partial charge >= 0.3 is 5.97 Å². The Morgan fingerprint density at radius 3 is 2.48 bits per heavy atom. The quantitative estimate of drug-likeness (QED) is 0.765. The van der Waals surface area contributed by atoms with Crippen molar-refractivity contribution in [3.63, 3.8) is 0 Å². The number of para-hydroxylation sites is 1. The predicted molar refractivity (Wildman–Crippen MR) is 90.4 cm³/mol. The SMILES string of the molecule is COc1ccc(-c2nc3c(Cl)cccc3c(C(=O)O)c2C)cc1. The summed E-state index contributed by atoms with van der Waals surface area (Å²) < 4.78 is 5.15. The van der Waals surface area contributed by atoms with Gasteiger partial charge in [0.1, 0.15) is 5.75 Å². The molecule has 3 aromatic rings. The molecule has 5 heteroatoms. The molecule has 0 radical (unpaired) electrons. The first-order valence-corrected chi connectivity index (χ1v) is 7.37. The van der Waals surface area contributed by atoms with E-state index >= 15 is 0 Å². The molecule has 0 aliphatic rings. The monoisotopic (exact) mass is 327 g/mol. The molecule has 0 saturated carbocycles. The summed E-state index contributed by atoms with van der Waals surface area (Å²) in [5.41, 5.74) is 2.74. The second kappa shape index (κ2) is 5.89. The summed E-state index contributed by atoms with van der Waals surface area (Å²) in [7, 11) is 1.59. The Hall–Kier alpha value is -2.59. The second-order valence-corrected chi connectivity index (χ2v) is 5.54. The van der Waals surface area contributed by atoms with Crippen LogP contribution in [0.4, 0.5) is 0 Å². The van der Waals surface area contributed by atoms with Gasteiger partial charge in [-0.05, 0) is 42.8 Å². The third kappa shape index (κ3) is 2.62. The minimum Gasteiger partial charge on any atom is -0.497 e. The molecule has 3 rings (SSSR count). The minimum atomic E-state index is -0.994. The standard InChI is InChI=1S/C18H14ClNO3/c1-10-15(18(21)22)13-4-3-5-14(19)17(13)20-16(10)11-6-8-12(23-2)9-7-11/h3-9H,1-2H3,(H,21,22). The van der Waals surface area contributed by atoms with Crippen LogP contribution < -0.4 is 4.74 Å². The van der Waals surface area contributed by atoms with E-state index in [9.17, 15) is 9.90 Å². The maximum atomic E-state index is 11.7. The predicted octanol–water partition coefficient (Wildman–Crippen LogP) is 4.57. The Morgan fingerprint density at radius 1 is 1.17 bits per heavy atom. The molecule has 23 heavy (non-hydrogen) atoms. The Bertz CT molecular complexity index is 904. The Labute approximate surface area is 138 Å². The van der Waals surface area contributed by atoms with Crippen LogP contribution in [0.1, 0.15) is 15.9 Å². The van der Waals surface area contributed by atoms with Gasteiger partial charge in [-0.3, -0.25) is 0 Å². The van der Waals surface area contributed by atoms with Gasteiger partial charge in [-0.15, -0.1) is 0 Å². The average molecular weight is 328 g/mol. The van der Waals surface area contributed by atoms with E-state index in [0.29, 0.717) is 27.2 Å². The normalized spacial score (nSPS) is 10.7. The Morgan fingerprint density at radius 2 is 1.87 bits per heavy atom. The summed E-state index contributed by atoms with van der Waals surface area (Å²) in [5, 5.41) is 10.6. The molecule has 0 amide bonds. The van der Waals surface area contributed by atoms with Crippen LogP contribution in [0.15, 0.2) is 42.5 Å². The van der Waals surface area contributed by atoms with E-state index in [1.54, 1.807) is 32.2 Å². The maximum Gasteiger partial charge on any atom is 0.336 e. The average Bonchev–Trinajstić information content (AvgIpc) is 2.54. The lowest BCUT2D eigenvalue weighted by atomic mass is 9.98. The van der Waals surface area contributed by atoms with E-state index in [1.165, 1.54) is 0 Å². The van der Waals surface area contributed by atoms with Gasteiger partial charge in [0, 0.05) is 10.9 Å². The molecule has 0 saturated heterocycles. The van der Waals surface area contributed by atoms with Crippen LogP contribution in [-0.2, 0) is 0 Å². The first-order valence-electron chi connectivity index (χ1n) is 6.99. The number of halogens is 1. The molecule has 0 atom stereocenters.